The van der Waals surface area contributed by atoms with Gasteiger partial charge in [0.1, 0.15) is 12.1 Å². The van der Waals surface area contributed by atoms with Gasteiger partial charge in [0, 0.05) is 27.7 Å². The number of hydrogen-bond acceptors (Lipinski definition) is 7. The van der Waals surface area contributed by atoms with Crippen LogP contribution in [0, 0.1) is 11.3 Å². The van der Waals surface area contributed by atoms with Crippen LogP contribution in [0.5, 0.6) is 0 Å². The van der Waals surface area contributed by atoms with Crippen LogP contribution in [-0.4, -0.2) is 65.0 Å². The van der Waals surface area contributed by atoms with Crippen LogP contribution in [0.15, 0.2) is 53.4 Å². The van der Waals surface area contributed by atoms with Gasteiger partial charge in [-0.15, -0.1) is 11.3 Å². The molecular weight excluding hydrogens is 627 g/mol. The first-order chi connectivity index (χ1) is 20.3. The molecule has 8 nitrogen and oxygen atoms in total. The van der Waals surface area contributed by atoms with Crippen LogP contribution in [0.1, 0.15) is 50.7 Å². The van der Waals surface area contributed by atoms with E-state index in [4.69, 9.17) is 23.2 Å². The van der Waals surface area contributed by atoms with Crippen LogP contribution in [0.4, 0.5) is 0 Å². The molecule has 1 aliphatic heterocycles. The highest BCUT2D eigenvalue weighted by Crippen LogP contribution is 2.34. The number of fused-ring (bicyclic) bond motifs is 1. The number of carbonyl (C=O) groups excluding carboxylic acids is 3. The number of thiophene rings is 1. The lowest BCUT2D eigenvalue weighted by molar-refractivity contribution is -0.148. The van der Waals surface area contributed by atoms with Crippen molar-refractivity contribution >= 4 is 74.3 Å². The number of nitrogens with one attached hydrogen (secondary N) is 3. The van der Waals surface area contributed by atoms with Crippen molar-refractivity contribution in [3.8, 4) is 0 Å². The average Bonchev–Trinajstić information content (AvgIpc) is 3.38. The Kier molecular flexibility index (Phi) is 10.7. The van der Waals surface area contributed by atoms with Gasteiger partial charge in [0.25, 0.3) is 5.91 Å². The summed E-state index contributed by atoms with van der Waals surface area (Å²) in [6.45, 7) is 10.00. The molecule has 3 amide bonds. The van der Waals surface area contributed by atoms with Crippen LogP contribution in [0.2, 0.25) is 10.0 Å². The number of amides is 3. The van der Waals surface area contributed by atoms with Crippen molar-refractivity contribution in [3.63, 3.8) is 0 Å². The zero-order chi connectivity index (χ0) is 31.5. The molecule has 1 aliphatic rings. The van der Waals surface area contributed by atoms with E-state index in [0.717, 1.165) is 28.5 Å². The molecule has 0 bridgehead atoms. The van der Waals surface area contributed by atoms with Crippen LogP contribution in [0.25, 0.3) is 10.1 Å². The predicted octanol–water partition coefficient (Wildman–Crippen LogP) is 5.75. The van der Waals surface area contributed by atoms with Crippen LogP contribution < -0.4 is 15.4 Å². The summed E-state index contributed by atoms with van der Waals surface area (Å²) >= 11 is 14.8. The van der Waals surface area contributed by atoms with E-state index in [0.29, 0.717) is 19.8 Å². The van der Waals surface area contributed by atoms with E-state index in [1.54, 1.807) is 23.1 Å². The maximum atomic E-state index is 13.8. The molecule has 43 heavy (non-hydrogen) atoms. The summed E-state index contributed by atoms with van der Waals surface area (Å²) in [7, 11) is 0. The number of likely N-dealkylation sites (tertiary alicyclic amines) is 1. The monoisotopic (exact) mass is 664 g/mol. The van der Waals surface area contributed by atoms with Crippen molar-refractivity contribution in [1.82, 2.24) is 20.3 Å². The number of nitrogens with zero attached hydrogens (tertiary/aromatic N) is 1. The summed E-state index contributed by atoms with van der Waals surface area (Å²) in [5, 5.41) is 18.1. The Morgan fingerprint density at radius 3 is 2.42 bits per heavy atom. The van der Waals surface area contributed by atoms with E-state index in [2.05, 4.69) is 15.4 Å². The molecule has 1 fully saturated rings. The van der Waals surface area contributed by atoms with Gasteiger partial charge in [-0.25, -0.2) is 4.72 Å². The molecule has 3 atom stereocenters. The van der Waals surface area contributed by atoms with Gasteiger partial charge >= 0.3 is 0 Å². The highest BCUT2D eigenvalue weighted by molar-refractivity contribution is 7.97. The highest BCUT2D eigenvalue weighted by Gasteiger charge is 2.51. The molecule has 4 N–H and O–H groups in total. The fraction of sp³-hybridized carbons (Fsp3) is 0.452. The number of aliphatic hydroxyl groups excluding tert-OH is 1. The molecule has 2 aromatic carbocycles. The van der Waals surface area contributed by atoms with E-state index in [-0.39, 0.29) is 36.7 Å². The highest BCUT2D eigenvalue weighted by atomic mass is 35.5. The van der Waals surface area contributed by atoms with Crippen molar-refractivity contribution in [3.05, 3.63) is 63.5 Å². The molecule has 0 aliphatic carbocycles. The van der Waals surface area contributed by atoms with Crippen molar-refractivity contribution in [2.45, 2.75) is 63.6 Å². The van der Waals surface area contributed by atoms with Crippen molar-refractivity contribution in [2.24, 2.45) is 11.3 Å². The maximum Gasteiger partial charge on any atom is 0.262 e. The zero-order valence-electron chi connectivity index (χ0n) is 24.9. The minimum Gasteiger partial charge on any atom is -0.394 e. The Morgan fingerprint density at radius 2 is 1.81 bits per heavy atom. The summed E-state index contributed by atoms with van der Waals surface area (Å²) in [6.07, 6.45) is 0.781. The number of hydrogen-bond donors (Lipinski definition) is 4. The van der Waals surface area contributed by atoms with Gasteiger partial charge in [-0.3, -0.25) is 14.4 Å². The maximum absolute atomic E-state index is 13.8. The van der Waals surface area contributed by atoms with E-state index in [9.17, 15) is 19.5 Å². The molecule has 1 aromatic heterocycles. The van der Waals surface area contributed by atoms with E-state index >= 15 is 0 Å². The van der Waals surface area contributed by atoms with Gasteiger partial charge in [0.2, 0.25) is 11.8 Å². The van der Waals surface area contributed by atoms with Gasteiger partial charge in [0.05, 0.1) is 22.0 Å². The molecule has 2 heterocycles. The first-order valence-corrected chi connectivity index (χ1v) is 16.6. The molecule has 0 saturated carbocycles. The van der Waals surface area contributed by atoms with Gasteiger partial charge in [-0.2, -0.15) is 0 Å². The SMILES string of the molecule is CCC(C)C1(NC(=O)C(NC(=O)c2cc3ccccc3s2)C(C)(C)C)CN(C(=O)C(CO)NSc2ccc(Cl)cc2Cl)C1. The Bertz CT molecular complexity index is 1450. The fourth-order valence-electron chi connectivity index (χ4n) is 5.06. The summed E-state index contributed by atoms with van der Waals surface area (Å²) in [6, 6.07) is 13.0. The lowest BCUT2D eigenvalue weighted by atomic mass is 9.75. The second-order valence-corrected chi connectivity index (χ2v) is 14.9. The minimum absolute atomic E-state index is 0.0576. The molecule has 3 aromatic rings. The van der Waals surface area contributed by atoms with Crippen molar-refractivity contribution in [1.29, 1.82) is 0 Å². The molecule has 232 valence electrons. The number of rotatable bonds is 11. The summed E-state index contributed by atoms with van der Waals surface area (Å²) in [5.41, 5.74) is -1.24. The Labute approximate surface area is 271 Å². The smallest absolute Gasteiger partial charge is 0.262 e. The third-order valence-electron chi connectivity index (χ3n) is 7.92. The third-order valence-corrected chi connectivity index (χ3v) is 10.7. The van der Waals surface area contributed by atoms with Crippen LogP contribution in [0.3, 0.4) is 0 Å². The first-order valence-electron chi connectivity index (χ1n) is 14.2. The molecule has 0 spiro atoms. The summed E-state index contributed by atoms with van der Waals surface area (Å²) in [5.74, 6) is -0.811. The lowest BCUT2D eigenvalue weighted by Gasteiger charge is -2.54. The summed E-state index contributed by atoms with van der Waals surface area (Å²) < 4.78 is 4.01. The molecule has 0 radical (unpaired) electrons. The fourth-order valence-corrected chi connectivity index (χ4v) is 7.29. The molecule has 4 rings (SSSR count). The van der Waals surface area contributed by atoms with Gasteiger partial charge in [-0.1, -0.05) is 82.4 Å². The van der Waals surface area contributed by atoms with E-state index in [1.165, 1.54) is 11.3 Å². The topological polar surface area (TPSA) is 111 Å². The number of halogens is 2. The minimum atomic E-state index is -0.870. The third kappa shape index (κ3) is 7.67. The predicted molar refractivity (Wildman–Crippen MR) is 176 cm³/mol. The first kappa shape index (κ1) is 33.6. The van der Waals surface area contributed by atoms with Crippen molar-refractivity contribution in [2.75, 3.05) is 19.7 Å². The number of carbonyl (C=O) groups is 3. The Hall–Kier alpha value is -2.34. The van der Waals surface area contributed by atoms with Crippen LogP contribution in [-0.2, 0) is 9.59 Å². The Balaban J connectivity index is 1.44. The number of aliphatic hydroxyl groups is 1. The van der Waals surface area contributed by atoms with Crippen molar-refractivity contribution < 1.29 is 19.5 Å². The molecule has 12 heteroatoms. The Morgan fingerprint density at radius 1 is 1.12 bits per heavy atom. The second kappa shape index (κ2) is 13.7. The van der Waals surface area contributed by atoms with Gasteiger partial charge in [0.15, 0.2) is 0 Å². The normalized spacial score (nSPS) is 16.7. The van der Waals surface area contributed by atoms with Gasteiger partial charge in [-0.05, 0) is 59.0 Å². The van der Waals surface area contributed by atoms with E-state index in [1.807, 2.05) is 65.0 Å². The average molecular weight is 666 g/mol. The number of benzene rings is 2. The quantitative estimate of drug-likeness (QED) is 0.194. The standard InChI is InChI=1S/C31H38Cl2N4O4S2/c1-6-18(2)31(16-37(17-31)29(41)22(15-38)36-43-24-12-11-20(32)14-21(24)33)35-28(40)26(30(3,4)5)34-27(39)25-13-19-9-7-8-10-23(19)42-25/h7-14,18,22,26,36,38H,6,15-17H2,1-5H3,(H,34,39)(H,35,40). The zero-order valence-corrected chi connectivity index (χ0v) is 28.0. The molecule has 1 saturated heterocycles. The van der Waals surface area contributed by atoms with Crippen LogP contribution >= 0.6 is 46.5 Å². The largest absolute Gasteiger partial charge is 0.394 e. The van der Waals surface area contributed by atoms with Gasteiger partial charge < -0.3 is 20.6 Å². The molecule has 3 unspecified atom stereocenters. The molecular formula is C31H38Cl2N4O4S2. The van der Waals surface area contributed by atoms with E-state index < -0.39 is 29.6 Å². The lowest BCUT2D eigenvalue weighted by Crippen LogP contribution is -2.76. The second-order valence-electron chi connectivity index (χ2n) is 12.1. The summed E-state index contributed by atoms with van der Waals surface area (Å²) in [4.78, 5) is 43.3.